The van der Waals surface area contributed by atoms with Crippen molar-refractivity contribution in [3.63, 3.8) is 0 Å². The van der Waals surface area contributed by atoms with E-state index in [0.29, 0.717) is 71.4 Å². The number of benzene rings is 2. The number of carbonyl (C=O) groups is 1. The maximum Gasteiger partial charge on any atom is 0.410 e. The first-order valence-electron chi connectivity index (χ1n) is 13.1. The lowest BCUT2D eigenvalue weighted by atomic mass is 10.0. The van der Waals surface area contributed by atoms with E-state index in [4.69, 9.17) is 31.0 Å². The topological polar surface area (TPSA) is 104 Å². The second-order valence-electron chi connectivity index (χ2n) is 10.2. The van der Waals surface area contributed by atoms with Crippen LogP contribution in [0.3, 0.4) is 0 Å². The van der Waals surface area contributed by atoms with E-state index in [0.717, 1.165) is 11.1 Å². The lowest BCUT2D eigenvalue weighted by Gasteiger charge is -2.33. The number of nitrogens with zero attached hydrogens (tertiary/aromatic N) is 6. The van der Waals surface area contributed by atoms with Crippen LogP contribution in [0, 0.1) is 6.92 Å². The number of amides is 1. The van der Waals surface area contributed by atoms with Crippen LogP contribution in [-0.2, 0) is 11.3 Å². The van der Waals surface area contributed by atoms with E-state index >= 15 is 0 Å². The van der Waals surface area contributed by atoms with Gasteiger partial charge in [-0.3, -0.25) is 14.3 Å². The highest BCUT2D eigenvalue weighted by Gasteiger charge is 2.39. The van der Waals surface area contributed by atoms with E-state index in [-0.39, 0.29) is 23.8 Å². The van der Waals surface area contributed by atoms with Crippen LogP contribution in [0.1, 0.15) is 24.2 Å². The number of fused-ring (bicyclic) bond motifs is 3. The summed E-state index contributed by atoms with van der Waals surface area (Å²) < 4.78 is 15.4. The number of aromatic nitrogens is 5. The number of ether oxygens (including phenoxy) is 2. The van der Waals surface area contributed by atoms with Gasteiger partial charge in [-0.15, -0.1) is 0 Å². The van der Waals surface area contributed by atoms with E-state index in [1.165, 1.54) is 0 Å². The first-order chi connectivity index (χ1) is 19.4. The molecule has 5 heterocycles. The molecular formula is C29H25ClN6O4. The zero-order valence-electron chi connectivity index (χ0n) is 21.7. The van der Waals surface area contributed by atoms with E-state index in [1.54, 1.807) is 27.9 Å². The maximum absolute atomic E-state index is 13.8. The van der Waals surface area contributed by atoms with Crippen LogP contribution < -0.4 is 10.3 Å². The summed E-state index contributed by atoms with van der Waals surface area (Å²) in [6.07, 6.45) is 8.01. The Morgan fingerprint density at radius 1 is 1.15 bits per heavy atom. The molecule has 11 heteroatoms. The molecule has 202 valence electrons. The van der Waals surface area contributed by atoms with Crippen LogP contribution in [0.25, 0.3) is 27.8 Å². The Morgan fingerprint density at radius 2 is 2.00 bits per heavy atom. The molecule has 40 heavy (non-hydrogen) atoms. The van der Waals surface area contributed by atoms with Crippen molar-refractivity contribution in [3.05, 3.63) is 87.9 Å². The van der Waals surface area contributed by atoms with Gasteiger partial charge in [0.25, 0.3) is 5.56 Å². The van der Waals surface area contributed by atoms with Crippen LogP contribution >= 0.6 is 11.6 Å². The number of hydrogen-bond donors (Lipinski definition) is 0. The molecule has 0 bridgehead atoms. The average Bonchev–Trinajstić information content (AvgIpc) is 3.55. The van der Waals surface area contributed by atoms with Gasteiger partial charge < -0.3 is 18.8 Å². The van der Waals surface area contributed by atoms with E-state index in [1.807, 2.05) is 54.0 Å². The fourth-order valence-electron chi connectivity index (χ4n) is 5.54. The fraction of sp³-hybridized carbons (Fsp3) is 0.276. The molecule has 5 aromatic rings. The van der Waals surface area contributed by atoms with Gasteiger partial charge in [-0.05, 0) is 36.8 Å². The van der Waals surface area contributed by atoms with Gasteiger partial charge in [0.1, 0.15) is 24.3 Å². The monoisotopic (exact) mass is 556 g/mol. The number of halogens is 1. The Kier molecular flexibility index (Phi) is 5.92. The Labute approximate surface area is 233 Å². The molecule has 2 aromatic carbocycles. The molecule has 0 saturated carbocycles. The first kappa shape index (κ1) is 24.6. The number of aryl methyl sites for hydroxylation is 1. The summed E-state index contributed by atoms with van der Waals surface area (Å²) in [6.45, 7) is 3.12. The second-order valence-corrected chi connectivity index (χ2v) is 10.6. The highest BCUT2D eigenvalue weighted by molar-refractivity contribution is 6.30. The molecule has 2 fully saturated rings. The van der Waals surface area contributed by atoms with Crippen LogP contribution in [0.15, 0.2) is 66.0 Å². The minimum absolute atomic E-state index is 0.0163. The summed E-state index contributed by atoms with van der Waals surface area (Å²) >= 11 is 6.05. The first-order valence-corrected chi connectivity index (χ1v) is 13.5. The van der Waals surface area contributed by atoms with Crippen molar-refractivity contribution < 1.29 is 14.3 Å². The molecule has 0 unspecified atom stereocenters. The highest BCUT2D eigenvalue weighted by Crippen LogP contribution is 2.36. The van der Waals surface area contributed by atoms with Crippen LogP contribution in [-0.4, -0.2) is 60.2 Å². The molecule has 0 aliphatic carbocycles. The third kappa shape index (κ3) is 4.34. The van der Waals surface area contributed by atoms with Gasteiger partial charge in [-0.1, -0.05) is 23.7 Å². The zero-order valence-corrected chi connectivity index (χ0v) is 22.4. The molecule has 7 rings (SSSR count). The van der Waals surface area contributed by atoms with Gasteiger partial charge in [0.2, 0.25) is 0 Å². The van der Waals surface area contributed by atoms with Crippen LogP contribution in [0.4, 0.5) is 4.79 Å². The SMILES string of the molecule is Cc1nc2cc(-c3cn4ccncc4n3)c(O[C@H]3CCN4C(=O)OC[C@@H]4C3)cc2c(=O)n1Cc1ccc(Cl)cc1. The van der Waals surface area contributed by atoms with Crippen molar-refractivity contribution in [2.75, 3.05) is 13.2 Å². The molecule has 2 aliphatic rings. The number of carbonyl (C=O) groups excluding carboxylic acids is 1. The van der Waals surface area contributed by atoms with Gasteiger partial charge in [0.05, 0.1) is 35.4 Å². The van der Waals surface area contributed by atoms with Crippen molar-refractivity contribution in [3.8, 4) is 17.0 Å². The minimum Gasteiger partial charge on any atom is -0.490 e. The molecule has 2 saturated heterocycles. The molecule has 2 aliphatic heterocycles. The predicted molar refractivity (Wildman–Crippen MR) is 149 cm³/mol. The Bertz CT molecular complexity index is 1800. The van der Waals surface area contributed by atoms with Gasteiger partial charge in [0.15, 0.2) is 5.65 Å². The molecule has 0 spiro atoms. The Morgan fingerprint density at radius 3 is 2.83 bits per heavy atom. The smallest absolute Gasteiger partial charge is 0.410 e. The quantitative estimate of drug-likeness (QED) is 0.314. The standard InChI is InChI=1S/C29H25ClN6O4/c1-17-32-24-11-22(25-15-34-9-7-31-13-27(34)33-25)26(40-21-6-8-35-20(10-21)16-39-29(35)38)12-23(24)28(37)36(17)14-18-2-4-19(30)5-3-18/h2-5,7,9,11-13,15,20-21H,6,8,10,14,16H2,1H3/t20-,21-/m0/s1. The van der Waals surface area contributed by atoms with Crippen LogP contribution in [0.2, 0.25) is 5.02 Å². The molecular weight excluding hydrogens is 532 g/mol. The minimum atomic E-state index is -0.268. The highest BCUT2D eigenvalue weighted by atomic mass is 35.5. The van der Waals surface area contributed by atoms with E-state index in [9.17, 15) is 9.59 Å². The second kappa shape index (κ2) is 9.63. The molecule has 1 amide bonds. The number of imidazole rings is 1. The van der Waals surface area contributed by atoms with Gasteiger partial charge >= 0.3 is 6.09 Å². The molecule has 0 radical (unpaired) electrons. The molecule has 3 aromatic heterocycles. The third-order valence-corrected chi connectivity index (χ3v) is 7.89. The average molecular weight is 557 g/mol. The van der Waals surface area contributed by atoms with Crippen LogP contribution in [0.5, 0.6) is 5.75 Å². The summed E-state index contributed by atoms with van der Waals surface area (Å²) in [7, 11) is 0. The van der Waals surface area contributed by atoms with Crippen molar-refractivity contribution >= 4 is 34.2 Å². The molecule has 2 atom stereocenters. The maximum atomic E-state index is 13.8. The summed E-state index contributed by atoms with van der Waals surface area (Å²) in [5.74, 6) is 1.15. The molecule has 0 N–H and O–H groups in total. The lowest BCUT2D eigenvalue weighted by molar-refractivity contribution is 0.0941. The summed E-state index contributed by atoms with van der Waals surface area (Å²) in [4.78, 5) is 41.3. The van der Waals surface area contributed by atoms with Gasteiger partial charge in [-0.2, -0.15) is 0 Å². The number of piperidine rings is 1. The normalized spacial score (nSPS) is 18.8. The van der Waals surface area contributed by atoms with Gasteiger partial charge in [0, 0.05) is 48.6 Å². The fourth-order valence-corrected chi connectivity index (χ4v) is 5.66. The summed E-state index contributed by atoms with van der Waals surface area (Å²) in [5, 5.41) is 1.10. The summed E-state index contributed by atoms with van der Waals surface area (Å²) in [6, 6.07) is 11.1. The largest absolute Gasteiger partial charge is 0.490 e. The Hall–Kier alpha value is -4.44. The molecule has 10 nitrogen and oxygen atoms in total. The summed E-state index contributed by atoms with van der Waals surface area (Å²) in [5.41, 5.74) is 3.48. The van der Waals surface area contributed by atoms with E-state index in [2.05, 4.69) is 4.98 Å². The van der Waals surface area contributed by atoms with Gasteiger partial charge in [-0.25, -0.2) is 14.8 Å². The van der Waals surface area contributed by atoms with Crippen molar-refractivity contribution in [1.29, 1.82) is 0 Å². The van der Waals surface area contributed by atoms with E-state index < -0.39 is 0 Å². The number of cyclic esters (lactones) is 1. The predicted octanol–water partition coefficient (Wildman–Crippen LogP) is 4.48. The third-order valence-electron chi connectivity index (χ3n) is 7.64. The number of rotatable bonds is 5. The Balaban J connectivity index is 1.32. The van der Waals surface area contributed by atoms with Crippen molar-refractivity contribution in [2.24, 2.45) is 0 Å². The zero-order chi connectivity index (χ0) is 27.4. The van der Waals surface area contributed by atoms with Crippen molar-refractivity contribution in [2.45, 2.75) is 38.5 Å². The lowest BCUT2D eigenvalue weighted by Crippen LogP contribution is -2.44. The van der Waals surface area contributed by atoms with Crippen molar-refractivity contribution in [1.82, 2.24) is 28.8 Å². The number of hydrogen-bond acceptors (Lipinski definition) is 7.